The van der Waals surface area contributed by atoms with E-state index in [0.717, 1.165) is 32.2 Å². The third-order valence-electron chi connectivity index (χ3n) is 4.26. The Morgan fingerprint density at radius 1 is 0.929 bits per heavy atom. The Labute approximate surface area is 171 Å². The van der Waals surface area contributed by atoms with Gasteiger partial charge in [-0.3, -0.25) is 4.79 Å². The molecule has 0 bridgehead atoms. The van der Waals surface area contributed by atoms with Gasteiger partial charge in [-0.25, -0.2) is 10.4 Å². The average Bonchev–Trinajstić information content (AvgIpc) is 2.73. The van der Waals surface area contributed by atoms with E-state index in [4.69, 9.17) is 4.98 Å². The minimum Gasteiger partial charge on any atom is -0.267 e. The first-order chi connectivity index (χ1) is 13.7. The van der Waals surface area contributed by atoms with E-state index in [2.05, 4.69) is 26.5 Å². The van der Waals surface area contributed by atoms with Crippen LogP contribution in [0.15, 0.2) is 94.5 Å². The number of hydrogen-bond acceptors (Lipinski definition) is 3. The van der Waals surface area contributed by atoms with Crippen molar-refractivity contribution in [1.29, 1.82) is 0 Å². The predicted octanol–water partition coefficient (Wildman–Crippen LogP) is 5.43. The number of amides is 1. The van der Waals surface area contributed by atoms with Gasteiger partial charge < -0.3 is 0 Å². The summed E-state index contributed by atoms with van der Waals surface area (Å²) in [6.07, 6.45) is 1.62. The van der Waals surface area contributed by atoms with Gasteiger partial charge in [-0.05, 0) is 29.8 Å². The molecule has 4 aromatic rings. The first-order valence-corrected chi connectivity index (χ1v) is 9.54. The third-order valence-corrected chi connectivity index (χ3v) is 4.75. The smallest absolute Gasteiger partial charge is 0.267 e. The van der Waals surface area contributed by atoms with Crippen LogP contribution in [-0.4, -0.2) is 17.1 Å². The minimum absolute atomic E-state index is 0.276. The van der Waals surface area contributed by atoms with E-state index in [-0.39, 0.29) is 5.91 Å². The quantitative estimate of drug-likeness (QED) is 0.347. The predicted molar refractivity (Wildman–Crippen MR) is 116 cm³/mol. The zero-order valence-corrected chi connectivity index (χ0v) is 16.4. The van der Waals surface area contributed by atoms with Gasteiger partial charge in [0, 0.05) is 15.4 Å². The Balaban J connectivity index is 1.67. The molecule has 1 amide bonds. The number of para-hydroxylation sites is 1. The van der Waals surface area contributed by atoms with E-state index in [0.29, 0.717) is 5.56 Å². The first-order valence-electron chi connectivity index (χ1n) is 8.75. The van der Waals surface area contributed by atoms with Gasteiger partial charge in [0.05, 0.1) is 23.0 Å². The highest BCUT2D eigenvalue weighted by molar-refractivity contribution is 9.10. The first kappa shape index (κ1) is 18.1. The molecule has 136 valence electrons. The summed E-state index contributed by atoms with van der Waals surface area (Å²) in [5, 5.41) is 4.89. The standard InChI is InChI=1S/C23H16BrN3O/c24-18-10-6-7-16(13-18)15-25-27-23(28)20-14-22(17-8-2-1-3-9-17)26-21-12-5-4-11-19(20)21/h1-15H,(H,27,28)/b25-15+. The average molecular weight is 430 g/mol. The summed E-state index contributed by atoms with van der Waals surface area (Å²) in [5.41, 5.74) is 6.53. The van der Waals surface area contributed by atoms with Crippen molar-refractivity contribution < 1.29 is 4.79 Å². The Bertz CT molecular complexity index is 1170. The van der Waals surface area contributed by atoms with Crippen molar-refractivity contribution in [3.8, 4) is 11.3 Å². The van der Waals surface area contributed by atoms with Gasteiger partial charge in [0.1, 0.15) is 0 Å². The summed E-state index contributed by atoms with van der Waals surface area (Å²) in [4.78, 5) is 17.5. The maximum absolute atomic E-state index is 12.8. The number of pyridine rings is 1. The molecule has 0 saturated carbocycles. The summed E-state index contributed by atoms with van der Waals surface area (Å²) >= 11 is 3.42. The highest BCUT2D eigenvalue weighted by Gasteiger charge is 2.13. The number of rotatable bonds is 4. The van der Waals surface area contributed by atoms with Crippen molar-refractivity contribution in [1.82, 2.24) is 10.4 Å². The highest BCUT2D eigenvalue weighted by Crippen LogP contribution is 2.24. The zero-order valence-electron chi connectivity index (χ0n) is 14.8. The van der Waals surface area contributed by atoms with Crippen LogP contribution in [0.3, 0.4) is 0 Å². The number of carbonyl (C=O) groups is 1. The topological polar surface area (TPSA) is 54.4 Å². The molecule has 4 rings (SSSR count). The number of benzene rings is 3. The van der Waals surface area contributed by atoms with Crippen molar-refractivity contribution in [3.05, 3.63) is 101 Å². The van der Waals surface area contributed by atoms with Crippen molar-refractivity contribution in [3.63, 3.8) is 0 Å². The Hall–Kier alpha value is -3.31. The molecule has 5 heteroatoms. The van der Waals surface area contributed by atoms with E-state index >= 15 is 0 Å². The Morgan fingerprint density at radius 2 is 1.71 bits per heavy atom. The van der Waals surface area contributed by atoms with Gasteiger partial charge in [-0.15, -0.1) is 0 Å². The summed E-state index contributed by atoms with van der Waals surface area (Å²) in [6.45, 7) is 0. The Morgan fingerprint density at radius 3 is 2.54 bits per heavy atom. The zero-order chi connectivity index (χ0) is 19.3. The number of hydrogen-bond donors (Lipinski definition) is 1. The molecule has 28 heavy (non-hydrogen) atoms. The van der Waals surface area contributed by atoms with Crippen LogP contribution >= 0.6 is 15.9 Å². The lowest BCUT2D eigenvalue weighted by atomic mass is 10.0. The van der Waals surface area contributed by atoms with Crippen LogP contribution in [0.2, 0.25) is 0 Å². The second-order valence-electron chi connectivity index (χ2n) is 6.19. The van der Waals surface area contributed by atoms with Crippen LogP contribution in [0.1, 0.15) is 15.9 Å². The van der Waals surface area contributed by atoms with Gasteiger partial charge in [0.25, 0.3) is 5.91 Å². The third kappa shape index (κ3) is 4.00. The van der Waals surface area contributed by atoms with Crippen molar-refractivity contribution in [2.24, 2.45) is 5.10 Å². The maximum atomic E-state index is 12.8. The lowest BCUT2D eigenvalue weighted by Gasteiger charge is -2.09. The number of aromatic nitrogens is 1. The molecule has 0 spiro atoms. The molecule has 4 nitrogen and oxygen atoms in total. The SMILES string of the molecule is O=C(N/N=C/c1cccc(Br)c1)c1cc(-c2ccccc2)nc2ccccc12. The number of halogens is 1. The number of hydrazone groups is 1. The Kier molecular flexibility index (Phi) is 5.26. The molecule has 0 saturated heterocycles. The van der Waals surface area contributed by atoms with Crippen molar-refractivity contribution in [2.45, 2.75) is 0 Å². The molecule has 0 radical (unpaired) electrons. The molecule has 1 aromatic heterocycles. The lowest BCUT2D eigenvalue weighted by Crippen LogP contribution is -2.18. The van der Waals surface area contributed by atoms with E-state index in [1.54, 1.807) is 6.21 Å². The second kappa shape index (κ2) is 8.15. The van der Waals surface area contributed by atoms with Crippen LogP contribution in [0.25, 0.3) is 22.2 Å². The number of nitrogens with zero attached hydrogens (tertiary/aromatic N) is 2. The monoisotopic (exact) mass is 429 g/mol. The lowest BCUT2D eigenvalue weighted by molar-refractivity contribution is 0.0957. The van der Waals surface area contributed by atoms with Crippen LogP contribution < -0.4 is 5.43 Å². The maximum Gasteiger partial charge on any atom is 0.272 e. The molecule has 1 heterocycles. The van der Waals surface area contributed by atoms with Gasteiger partial charge in [0.2, 0.25) is 0 Å². The summed E-state index contributed by atoms with van der Waals surface area (Å²) in [6, 6.07) is 26.9. The van der Waals surface area contributed by atoms with Gasteiger partial charge in [-0.2, -0.15) is 5.10 Å². The largest absolute Gasteiger partial charge is 0.272 e. The second-order valence-corrected chi connectivity index (χ2v) is 7.11. The van der Waals surface area contributed by atoms with Gasteiger partial charge >= 0.3 is 0 Å². The van der Waals surface area contributed by atoms with E-state index < -0.39 is 0 Å². The van der Waals surface area contributed by atoms with Gasteiger partial charge in [-0.1, -0.05) is 76.6 Å². The fourth-order valence-electron chi connectivity index (χ4n) is 2.93. The highest BCUT2D eigenvalue weighted by atomic mass is 79.9. The fraction of sp³-hybridized carbons (Fsp3) is 0. The van der Waals surface area contributed by atoms with E-state index in [1.807, 2.05) is 84.9 Å². The molecule has 0 aliphatic carbocycles. The van der Waals surface area contributed by atoms with Crippen LogP contribution in [0, 0.1) is 0 Å². The van der Waals surface area contributed by atoms with E-state index in [9.17, 15) is 4.79 Å². The summed E-state index contributed by atoms with van der Waals surface area (Å²) < 4.78 is 0.954. The minimum atomic E-state index is -0.276. The molecule has 0 fully saturated rings. The van der Waals surface area contributed by atoms with Crippen LogP contribution in [-0.2, 0) is 0 Å². The molecular weight excluding hydrogens is 414 g/mol. The van der Waals surface area contributed by atoms with Gasteiger partial charge in [0.15, 0.2) is 0 Å². The number of nitrogens with one attached hydrogen (secondary N) is 1. The molecule has 3 aromatic carbocycles. The molecule has 1 N–H and O–H groups in total. The fourth-order valence-corrected chi connectivity index (χ4v) is 3.35. The normalized spacial score (nSPS) is 11.0. The summed E-state index contributed by atoms with van der Waals surface area (Å²) in [5.74, 6) is -0.276. The van der Waals surface area contributed by atoms with E-state index in [1.165, 1.54) is 0 Å². The summed E-state index contributed by atoms with van der Waals surface area (Å²) in [7, 11) is 0. The molecule has 0 aliphatic heterocycles. The number of carbonyl (C=O) groups excluding carboxylic acids is 1. The van der Waals surface area contributed by atoms with Crippen LogP contribution in [0.5, 0.6) is 0 Å². The van der Waals surface area contributed by atoms with Crippen LogP contribution in [0.4, 0.5) is 0 Å². The van der Waals surface area contributed by atoms with Crippen molar-refractivity contribution >= 4 is 39.0 Å². The molecule has 0 unspecified atom stereocenters. The molecule has 0 atom stereocenters. The van der Waals surface area contributed by atoms with Crippen molar-refractivity contribution in [2.75, 3.05) is 0 Å². The molecular formula is C23H16BrN3O. The molecule has 0 aliphatic rings. The number of fused-ring (bicyclic) bond motifs is 1.